The van der Waals surface area contributed by atoms with Crippen LogP contribution in [-0.2, 0) is 20.7 Å². The maximum atomic E-state index is 14.4. The van der Waals surface area contributed by atoms with E-state index in [4.69, 9.17) is 4.74 Å². The molecule has 0 bridgehead atoms. The lowest BCUT2D eigenvalue weighted by Crippen LogP contribution is -2.58. The van der Waals surface area contributed by atoms with Crippen molar-refractivity contribution in [1.29, 1.82) is 0 Å². The number of aliphatic hydroxyl groups excluding tert-OH is 1. The second-order valence-corrected chi connectivity index (χ2v) is 12.3. The van der Waals surface area contributed by atoms with Gasteiger partial charge in [0.2, 0.25) is 11.8 Å². The Labute approximate surface area is 243 Å². The number of aliphatic hydroxyl groups is 1. The highest BCUT2D eigenvalue weighted by atomic mass is 16.5. The van der Waals surface area contributed by atoms with Crippen LogP contribution in [0.4, 0.5) is 4.79 Å². The van der Waals surface area contributed by atoms with Crippen molar-refractivity contribution >= 4 is 17.9 Å². The highest BCUT2D eigenvalue weighted by Crippen LogP contribution is 2.40. The lowest BCUT2D eigenvalue weighted by atomic mass is 9.82. The smallest absolute Gasteiger partial charge is 0.409 e. The normalized spacial score (nSPS) is 28.4. The molecule has 0 spiro atoms. The Morgan fingerprint density at radius 1 is 1.02 bits per heavy atom. The summed E-state index contributed by atoms with van der Waals surface area (Å²) >= 11 is 0. The Morgan fingerprint density at radius 2 is 1.78 bits per heavy atom. The number of nitrogens with zero attached hydrogens (tertiary/aromatic N) is 2. The molecule has 2 unspecified atom stereocenters. The summed E-state index contributed by atoms with van der Waals surface area (Å²) in [5.41, 5.74) is 2.50. The number of likely N-dealkylation sites (tertiary alicyclic amines) is 2. The molecule has 3 amide bonds. The van der Waals surface area contributed by atoms with Gasteiger partial charge in [-0.15, -0.1) is 0 Å². The topological polar surface area (TPSA) is 123 Å². The van der Waals surface area contributed by atoms with E-state index in [0.717, 1.165) is 51.4 Å². The number of rotatable bonds is 8. The second-order valence-electron chi connectivity index (χ2n) is 12.3. The zero-order chi connectivity index (χ0) is 29.1. The molecule has 0 radical (unpaired) electrons. The summed E-state index contributed by atoms with van der Waals surface area (Å²) in [6, 6.07) is 6.69. The van der Waals surface area contributed by atoms with Gasteiger partial charge in [-0.05, 0) is 69.5 Å². The third-order valence-electron chi connectivity index (χ3n) is 10.0. The molecule has 10 nitrogen and oxygen atoms in total. The summed E-state index contributed by atoms with van der Waals surface area (Å²) in [6.07, 6.45) is 7.25. The van der Waals surface area contributed by atoms with Gasteiger partial charge in [-0.1, -0.05) is 43.5 Å². The SMILES string of the molecule is CN[C@@H](C)C(=O)N[C@H](C(=O)N1CC[C@@H]2[C@H]1[C@@H](C(O)NC1CCCc3ccccc31)CN2C(=O)OC)C1CCCCC1. The molecule has 4 aliphatic rings. The molecule has 2 aliphatic heterocycles. The third-order valence-corrected chi connectivity index (χ3v) is 10.0. The van der Waals surface area contributed by atoms with Crippen molar-refractivity contribution in [1.82, 2.24) is 25.8 Å². The van der Waals surface area contributed by atoms with Crippen molar-refractivity contribution in [3.63, 3.8) is 0 Å². The lowest BCUT2D eigenvalue weighted by Gasteiger charge is -2.38. The fraction of sp³-hybridized carbons (Fsp3) is 0.710. The number of carbonyl (C=O) groups excluding carboxylic acids is 3. The molecule has 1 aromatic rings. The van der Waals surface area contributed by atoms with Crippen molar-refractivity contribution < 1.29 is 24.2 Å². The molecule has 2 heterocycles. The number of amides is 3. The van der Waals surface area contributed by atoms with Crippen LogP contribution < -0.4 is 16.0 Å². The molecule has 41 heavy (non-hydrogen) atoms. The van der Waals surface area contributed by atoms with Gasteiger partial charge in [-0.2, -0.15) is 0 Å². The number of hydrogen-bond donors (Lipinski definition) is 4. The van der Waals surface area contributed by atoms with Gasteiger partial charge < -0.3 is 30.3 Å². The van der Waals surface area contributed by atoms with Gasteiger partial charge in [0.1, 0.15) is 12.3 Å². The van der Waals surface area contributed by atoms with Gasteiger partial charge >= 0.3 is 6.09 Å². The number of nitrogens with one attached hydrogen (secondary N) is 3. The molecular formula is C31H47N5O5. The first kappa shape index (κ1) is 29.8. The van der Waals surface area contributed by atoms with Gasteiger partial charge in [0.25, 0.3) is 0 Å². The predicted octanol–water partition coefficient (Wildman–Crippen LogP) is 2.31. The number of carbonyl (C=O) groups is 3. The molecule has 5 rings (SSSR count). The van der Waals surface area contributed by atoms with Gasteiger partial charge in [0, 0.05) is 25.0 Å². The third kappa shape index (κ3) is 6.10. The first-order valence-corrected chi connectivity index (χ1v) is 15.5. The van der Waals surface area contributed by atoms with Gasteiger partial charge in [-0.25, -0.2) is 4.79 Å². The van der Waals surface area contributed by atoms with Crippen molar-refractivity contribution in [3.05, 3.63) is 35.4 Å². The quantitative estimate of drug-likeness (QED) is 0.355. The first-order valence-electron chi connectivity index (χ1n) is 15.5. The Hall–Kier alpha value is -2.69. The van der Waals surface area contributed by atoms with Crippen molar-refractivity contribution in [2.45, 2.75) is 101 Å². The average molecular weight is 570 g/mol. The summed E-state index contributed by atoms with van der Waals surface area (Å²) in [5, 5.41) is 21.2. The highest BCUT2D eigenvalue weighted by molar-refractivity contribution is 5.90. The Kier molecular flexibility index (Phi) is 9.51. The Balaban J connectivity index is 1.40. The van der Waals surface area contributed by atoms with E-state index in [9.17, 15) is 19.5 Å². The van der Waals surface area contributed by atoms with Crippen LogP contribution in [0.3, 0.4) is 0 Å². The summed E-state index contributed by atoms with van der Waals surface area (Å²) in [4.78, 5) is 43.7. The molecular weight excluding hydrogens is 522 g/mol. The number of hydrogen-bond acceptors (Lipinski definition) is 7. The van der Waals surface area contributed by atoms with Crippen molar-refractivity contribution in [2.24, 2.45) is 11.8 Å². The van der Waals surface area contributed by atoms with Gasteiger partial charge in [0.05, 0.1) is 25.2 Å². The zero-order valence-electron chi connectivity index (χ0n) is 24.7. The fourth-order valence-corrected chi connectivity index (χ4v) is 7.69. The fourth-order valence-electron chi connectivity index (χ4n) is 7.69. The molecule has 226 valence electrons. The maximum absolute atomic E-state index is 14.4. The molecule has 0 aromatic heterocycles. The van der Waals surface area contributed by atoms with E-state index in [0.29, 0.717) is 19.5 Å². The van der Waals surface area contributed by atoms with E-state index >= 15 is 0 Å². The van der Waals surface area contributed by atoms with Gasteiger partial charge in [-0.3, -0.25) is 14.9 Å². The zero-order valence-corrected chi connectivity index (χ0v) is 24.7. The predicted molar refractivity (Wildman–Crippen MR) is 155 cm³/mol. The van der Waals surface area contributed by atoms with E-state index in [2.05, 4.69) is 28.1 Å². The minimum absolute atomic E-state index is 0.00318. The number of likely N-dealkylation sites (N-methyl/N-ethyl adjacent to an activating group) is 1. The van der Waals surface area contributed by atoms with E-state index < -0.39 is 30.3 Å². The standard InChI is InChI=1S/C31H47N5O5/c1-19(32-2)28(37)34-26(21-11-5-4-6-12-21)30(39)35-17-16-25-27(35)23(18-36(25)31(40)41-3)29(38)33-24-15-9-13-20-10-7-8-14-22(20)24/h7-8,10,14,19,21,23-27,29,32-33,38H,4-6,9,11-13,15-18H2,1-3H3,(H,34,37)/t19-,23-,24?,25+,26-,27+,29?/m0/s1. The number of methoxy groups -OCH3 is 1. The van der Waals surface area contributed by atoms with E-state index in [1.165, 1.54) is 18.2 Å². The highest BCUT2D eigenvalue weighted by Gasteiger charge is 2.55. The van der Waals surface area contributed by atoms with Crippen LogP contribution in [0.1, 0.15) is 75.5 Å². The van der Waals surface area contributed by atoms with E-state index in [-0.39, 0.29) is 35.9 Å². The summed E-state index contributed by atoms with van der Waals surface area (Å²) < 4.78 is 5.11. The van der Waals surface area contributed by atoms with Crippen LogP contribution in [0.25, 0.3) is 0 Å². The van der Waals surface area contributed by atoms with Crippen LogP contribution in [-0.4, -0.2) is 90.5 Å². The molecule has 2 aliphatic carbocycles. The maximum Gasteiger partial charge on any atom is 0.409 e. The van der Waals surface area contributed by atoms with Crippen LogP contribution in [0.15, 0.2) is 24.3 Å². The second kappa shape index (κ2) is 13.1. The molecule has 10 heteroatoms. The number of aryl methyl sites for hydroxylation is 1. The lowest BCUT2D eigenvalue weighted by molar-refractivity contribution is -0.140. The first-order chi connectivity index (χ1) is 19.8. The molecule has 1 saturated carbocycles. The molecule has 3 fully saturated rings. The summed E-state index contributed by atoms with van der Waals surface area (Å²) in [6.45, 7) is 2.56. The molecule has 4 N–H and O–H groups in total. The minimum Gasteiger partial charge on any atom is -0.453 e. The number of benzene rings is 1. The van der Waals surface area contributed by atoms with Crippen molar-refractivity contribution in [3.8, 4) is 0 Å². The molecule has 7 atom stereocenters. The van der Waals surface area contributed by atoms with Gasteiger partial charge in [0.15, 0.2) is 0 Å². The largest absolute Gasteiger partial charge is 0.453 e. The Bertz CT molecular complexity index is 1090. The molecule has 1 aromatic carbocycles. The number of fused-ring (bicyclic) bond motifs is 2. The molecule has 2 saturated heterocycles. The summed E-state index contributed by atoms with van der Waals surface area (Å²) in [5.74, 6) is -0.614. The average Bonchev–Trinajstić information content (AvgIpc) is 3.60. The Morgan fingerprint density at radius 3 is 2.51 bits per heavy atom. The number of ether oxygens (including phenoxy) is 1. The van der Waals surface area contributed by atoms with Crippen LogP contribution in [0.2, 0.25) is 0 Å². The minimum atomic E-state index is -0.922. The van der Waals surface area contributed by atoms with E-state index in [1.54, 1.807) is 18.9 Å². The van der Waals surface area contributed by atoms with E-state index in [1.807, 2.05) is 17.0 Å². The van der Waals surface area contributed by atoms with Crippen LogP contribution in [0.5, 0.6) is 0 Å². The van der Waals surface area contributed by atoms with Crippen LogP contribution in [0, 0.1) is 11.8 Å². The monoisotopic (exact) mass is 569 g/mol. The summed E-state index contributed by atoms with van der Waals surface area (Å²) in [7, 11) is 3.10. The van der Waals surface area contributed by atoms with Crippen LogP contribution >= 0.6 is 0 Å². The van der Waals surface area contributed by atoms with Crippen molar-refractivity contribution in [2.75, 3.05) is 27.2 Å².